The highest BCUT2D eigenvalue weighted by atomic mass is 16.5. The smallest absolute Gasteiger partial charge is 0.0801 e. The quantitative estimate of drug-likeness (QED) is 0.625. The van der Waals surface area contributed by atoms with Gasteiger partial charge in [-0.2, -0.15) is 0 Å². The lowest BCUT2D eigenvalue weighted by molar-refractivity contribution is 0.0265. The molecule has 3 heteroatoms. The van der Waals surface area contributed by atoms with E-state index in [4.69, 9.17) is 14.2 Å². The Bertz CT molecular complexity index is 119. The number of methoxy groups -OCH3 is 3. The maximum absolute atomic E-state index is 5.05. The van der Waals surface area contributed by atoms with E-state index in [0.29, 0.717) is 6.61 Å². The molecule has 0 radical (unpaired) electrons. The highest BCUT2D eigenvalue weighted by molar-refractivity contribution is 4.53. The topological polar surface area (TPSA) is 27.7 Å². The van der Waals surface area contributed by atoms with E-state index >= 15 is 0 Å². The van der Waals surface area contributed by atoms with Gasteiger partial charge in [0.15, 0.2) is 0 Å². The van der Waals surface area contributed by atoms with Crippen LogP contribution in [0.25, 0.3) is 0 Å². The van der Waals surface area contributed by atoms with Gasteiger partial charge in [0, 0.05) is 27.9 Å². The maximum atomic E-state index is 5.05. The van der Waals surface area contributed by atoms with Crippen LogP contribution in [0.2, 0.25) is 0 Å². The molecule has 3 nitrogen and oxygen atoms in total. The predicted octanol–water partition coefficient (Wildman–Crippen LogP) is 3.52. The molecular weight excluding hydrogens is 216 g/mol. The van der Waals surface area contributed by atoms with Gasteiger partial charge in [0.1, 0.15) is 0 Å². The second-order valence-corrected chi connectivity index (χ2v) is 4.24. The van der Waals surface area contributed by atoms with E-state index in [2.05, 4.69) is 20.8 Å². The standard InChI is InChI=1S/C8H18O.C6H14O2/c1-4-6-8(5-2)7-9-3;1-4-6(8-3)5-7-2/h8H,4-7H2,1-3H3;6H,4-5H2,1-3H3. The van der Waals surface area contributed by atoms with Crippen molar-refractivity contribution in [3.63, 3.8) is 0 Å². The van der Waals surface area contributed by atoms with Gasteiger partial charge in [0.2, 0.25) is 0 Å². The molecular formula is C14H32O3. The summed E-state index contributed by atoms with van der Waals surface area (Å²) in [6.45, 7) is 8.15. The third-order valence-electron chi connectivity index (χ3n) is 2.82. The second-order valence-electron chi connectivity index (χ2n) is 4.24. The van der Waals surface area contributed by atoms with Crippen LogP contribution in [0, 0.1) is 5.92 Å². The summed E-state index contributed by atoms with van der Waals surface area (Å²) >= 11 is 0. The lowest BCUT2D eigenvalue weighted by atomic mass is 10.0. The van der Waals surface area contributed by atoms with Crippen LogP contribution in [0.15, 0.2) is 0 Å². The van der Waals surface area contributed by atoms with Crippen molar-refractivity contribution in [2.45, 2.75) is 52.6 Å². The van der Waals surface area contributed by atoms with Crippen LogP contribution in [0.1, 0.15) is 46.5 Å². The van der Waals surface area contributed by atoms with E-state index in [1.165, 1.54) is 19.3 Å². The Morgan fingerprint density at radius 3 is 1.65 bits per heavy atom. The molecule has 17 heavy (non-hydrogen) atoms. The fraction of sp³-hybridized carbons (Fsp3) is 1.00. The first-order valence-corrected chi connectivity index (χ1v) is 6.70. The van der Waals surface area contributed by atoms with Crippen LogP contribution >= 0.6 is 0 Å². The molecule has 0 heterocycles. The minimum Gasteiger partial charge on any atom is -0.384 e. The Kier molecular flexibility index (Phi) is 18.0. The molecule has 0 saturated carbocycles. The zero-order valence-corrected chi connectivity index (χ0v) is 12.6. The van der Waals surface area contributed by atoms with Crippen LogP contribution in [0.4, 0.5) is 0 Å². The highest BCUT2D eigenvalue weighted by Crippen LogP contribution is 2.09. The molecule has 0 N–H and O–H groups in total. The minimum absolute atomic E-state index is 0.278. The highest BCUT2D eigenvalue weighted by Gasteiger charge is 2.02. The summed E-state index contributed by atoms with van der Waals surface area (Å²) in [6.07, 6.45) is 5.14. The average molecular weight is 248 g/mol. The summed E-state index contributed by atoms with van der Waals surface area (Å²) in [7, 11) is 5.16. The van der Waals surface area contributed by atoms with Crippen molar-refractivity contribution in [1.82, 2.24) is 0 Å². The van der Waals surface area contributed by atoms with E-state index in [1.807, 2.05) is 0 Å². The molecule has 0 aromatic heterocycles. The van der Waals surface area contributed by atoms with Gasteiger partial charge in [-0.05, 0) is 18.8 Å². The van der Waals surface area contributed by atoms with Crippen molar-refractivity contribution in [3.8, 4) is 0 Å². The monoisotopic (exact) mass is 248 g/mol. The molecule has 2 atom stereocenters. The van der Waals surface area contributed by atoms with Crippen LogP contribution in [0.5, 0.6) is 0 Å². The van der Waals surface area contributed by atoms with Gasteiger partial charge in [-0.3, -0.25) is 0 Å². The van der Waals surface area contributed by atoms with E-state index in [0.717, 1.165) is 18.9 Å². The lowest BCUT2D eigenvalue weighted by Crippen LogP contribution is -2.15. The number of hydrogen-bond donors (Lipinski definition) is 0. The van der Waals surface area contributed by atoms with E-state index in [1.54, 1.807) is 21.3 Å². The number of rotatable bonds is 9. The van der Waals surface area contributed by atoms with Gasteiger partial charge in [-0.25, -0.2) is 0 Å². The minimum atomic E-state index is 0.278. The molecule has 0 aliphatic heterocycles. The largest absolute Gasteiger partial charge is 0.384 e. The first kappa shape index (κ1) is 19.2. The van der Waals surface area contributed by atoms with Gasteiger partial charge in [0.25, 0.3) is 0 Å². The van der Waals surface area contributed by atoms with Crippen molar-refractivity contribution in [1.29, 1.82) is 0 Å². The van der Waals surface area contributed by atoms with Crippen molar-refractivity contribution < 1.29 is 14.2 Å². The molecule has 0 saturated heterocycles. The SMILES string of the molecule is CCC(COC)OC.CCCC(CC)COC. The van der Waals surface area contributed by atoms with Crippen molar-refractivity contribution in [2.75, 3.05) is 34.5 Å². The van der Waals surface area contributed by atoms with Gasteiger partial charge in [-0.15, -0.1) is 0 Å². The molecule has 0 fully saturated rings. The fourth-order valence-corrected chi connectivity index (χ4v) is 1.59. The summed E-state index contributed by atoms with van der Waals surface area (Å²) < 4.78 is 14.9. The summed E-state index contributed by atoms with van der Waals surface area (Å²) in [6, 6.07) is 0. The zero-order valence-electron chi connectivity index (χ0n) is 12.6. The molecule has 0 aliphatic carbocycles. The second kappa shape index (κ2) is 15.9. The Morgan fingerprint density at radius 1 is 0.824 bits per heavy atom. The Hall–Kier alpha value is -0.120. The van der Waals surface area contributed by atoms with Crippen LogP contribution in [-0.4, -0.2) is 40.6 Å². The van der Waals surface area contributed by atoms with Gasteiger partial charge in [-0.1, -0.05) is 33.6 Å². The molecule has 0 bridgehead atoms. The summed E-state index contributed by atoms with van der Waals surface area (Å²) in [4.78, 5) is 0. The molecule has 0 aliphatic rings. The van der Waals surface area contributed by atoms with E-state index < -0.39 is 0 Å². The average Bonchev–Trinajstić information content (AvgIpc) is 2.36. The Balaban J connectivity index is 0. The molecule has 0 aromatic rings. The first-order valence-electron chi connectivity index (χ1n) is 6.70. The van der Waals surface area contributed by atoms with Crippen molar-refractivity contribution in [2.24, 2.45) is 5.92 Å². The number of ether oxygens (including phenoxy) is 3. The summed E-state index contributed by atoms with van der Waals surface area (Å²) in [5, 5.41) is 0. The maximum Gasteiger partial charge on any atom is 0.0801 e. The zero-order chi connectivity index (χ0) is 13.5. The Labute approximate surface area is 108 Å². The van der Waals surface area contributed by atoms with Crippen LogP contribution < -0.4 is 0 Å². The Morgan fingerprint density at radius 2 is 1.41 bits per heavy atom. The summed E-state index contributed by atoms with van der Waals surface area (Å²) in [5.74, 6) is 0.792. The van der Waals surface area contributed by atoms with Crippen molar-refractivity contribution in [3.05, 3.63) is 0 Å². The molecule has 2 unspecified atom stereocenters. The third kappa shape index (κ3) is 13.8. The van der Waals surface area contributed by atoms with E-state index in [9.17, 15) is 0 Å². The van der Waals surface area contributed by atoms with Crippen molar-refractivity contribution >= 4 is 0 Å². The third-order valence-corrected chi connectivity index (χ3v) is 2.82. The molecule has 0 amide bonds. The molecule has 0 spiro atoms. The van der Waals surface area contributed by atoms with Crippen LogP contribution in [-0.2, 0) is 14.2 Å². The van der Waals surface area contributed by atoms with E-state index in [-0.39, 0.29) is 6.10 Å². The first-order chi connectivity index (χ1) is 8.19. The fourth-order valence-electron chi connectivity index (χ4n) is 1.59. The van der Waals surface area contributed by atoms with Crippen LogP contribution in [0.3, 0.4) is 0 Å². The number of hydrogen-bond acceptors (Lipinski definition) is 3. The summed E-state index contributed by atoms with van der Waals surface area (Å²) in [5.41, 5.74) is 0. The van der Waals surface area contributed by atoms with Gasteiger partial charge >= 0.3 is 0 Å². The predicted molar refractivity (Wildman–Crippen MR) is 73.5 cm³/mol. The molecule has 0 aromatic carbocycles. The molecule has 106 valence electrons. The normalized spacial score (nSPS) is 13.8. The van der Waals surface area contributed by atoms with Gasteiger partial charge < -0.3 is 14.2 Å². The van der Waals surface area contributed by atoms with Gasteiger partial charge in [0.05, 0.1) is 12.7 Å². The lowest BCUT2D eigenvalue weighted by Gasteiger charge is -2.10. The molecule has 0 rings (SSSR count).